The molecule has 0 atom stereocenters. The molecule has 1 N–H and O–H groups in total. The first-order valence-electron chi connectivity index (χ1n) is 8.77. The maximum atomic E-state index is 12.5. The summed E-state index contributed by atoms with van der Waals surface area (Å²) < 4.78 is 0. The lowest BCUT2D eigenvalue weighted by atomic mass is 10.1. The summed E-state index contributed by atoms with van der Waals surface area (Å²) in [5.74, 6) is -0.0484. The molecular formula is C20H24ClN3O. The highest BCUT2D eigenvalue weighted by molar-refractivity contribution is 6.31. The fraction of sp³-hybridized carbons (Fsp3) is 0.350. The van der Waals surface area contributed by atoms with Gasteiger partial charge in [0.1, 0.15) is 0 Å². The van der Waals surface area contributed by atoms with Gasteiger partial charge < -0.3 is 15.1 Å². The van der Waals surface area contributed by atoms with Gasteiger partial charge in [0.25, 0.3) is 0 Å². The van der Waals surface area contributed by atoms with Crippen LogP contribution in [0.15, 0.2) is 48.5 Å². The predicted octanol–water partition coefficient (Wildman–Crippen LogP) is 3.66. The van der Waals surface area contributed by atoms with Crippen molar-refractivity contribution in [2.45, 2.75) is 13.3 Å². The van der Waals surface area contributed by atoms with Gasteiger partial charge in [-0.1, -0.05) is 48.9 Å². The predicted molar refractivity (Wildman–Crippen MR) is 105 cm³/mol. The third kappa shape index (κ3) is 4.53. The molecule has 1 heterocycles. The Kier molecular flexibility index (Phi) is 5.95. The molecule has 0 unspecified atom stereocenters. The largest absolute Gasteiger partial charge is 0.367 e. The topological polar surface area (TPSA) is 35.6 Å². The Morgan fingerprint density at radius 3 is 2.44 bits per heavy atom. The molecule has 0 bridgehead atoms. The zero-order valence-corrected chi connectivity index (χ0v) is 15.3. The second kappa shape index (κ2) is 8.37. The SMILES string of the molecule is CCN1CCN(c2ccccc2NC(=O)Cc2ccccc2Cl)CC1. The zero-order valence-electron chi connectivity index (χ0n) is 14.5. The molecule has 0 spiro atoms. The second-order valence-corrected chi connectivity index (χ2v) is 6.66. The highest BCUT2D eigenvalue weighted by Gasteiger charge is 2.19. The average molecular weight is 358 g/mol. The Morgan fingerprint density at radius 1 is 1.04 bits per heavy atom. The van der Waals surface area contributed by atoms with E-state index in [1.807, 2.05) is 42.5 Å². The molecule has 1 aliphatic rings. The molecule has 2 aromatic carbocycles. The van der Waals surface area contributed by atoms with Crippen molar-refractivity contribution < 1.29 is 4.79 Å². The van der Waals surface area contributed by atoms with Crippen LogP contribution in [0.2, 0.25) is 5.02 Å². The smallest absolute Gasteiger partial charge is 0.228 e. The molecular weight excluding hydrogens is 334 g/mol. The number of nitrogens with zero attached hydrogens (tertiary/aromatic N) is 2. The number of carbonyl (C=O) groups excluding carboxylic acids is 1. The third-order valence-electron chi connectivity index (χ3n) is 4.65. The lowest BCUT2D eigenvalue weighted by molar-refractivity contribution is -0.115. The summed E-state index contributed by atoms with van der Waals surface area (Å²) >= 11 is 6.16. The highest BCUT2D eigenvalue weighted by atomic mass is 35.5. The normalized spacial score (nSPS) is 15.2. The summed E-state index contributed by atoms with van der Waals surface area (Å²) in [6.07, 6.45) is 0.275. The highest BCUT2D eigenvalue weighted by Crippen LogP contribution is 2.27. The quantitative estimate of drug-likeness (QED) is 0.887. The first kappa shape index (κ1) is 17.8. The van der Waals surface area contributed by atoms with Gasteiger partial charge >= 0.3 is 0 Å². The van der Waals surface area contributed by atoms with E-state index in [0.717, 1.165) is 49.7 Å². The number of nitrogens with one attached hydrogen (secondary N) is 1. The number of hydrogen-bond acceptors (Lipinski definition) is 3. The van der Waals surface area contributed by atoms with Gasteiger partial charge in [-0.3, -0.25) is 4.79 Å². The van der Waals surface area contributed by atoms with Crippen molar-refractivity contribution in [3.8, 4) is 0 Å². The van der Waals surface area contributed by atoms with Crippen LogP contribution in [0.4, 0.5) is 11.4 Å². The van der Waals surface area contributed by atoms with E-state index in [4.69, 9.17) is 11.6 Å². The number of benzene rings is 2. The lowest BCUT2D eigenvalue weighted by Gasteiger charge is -2.36. The maximum absolute atomic E-state index is 12.5. The molecule has 1 saturated heterocycles. The van der Waals surface area contributed by atoms with Gasteiger partial charge in [-0.15, -0.1) is 0 Å². The number of piperazine rings is 1. The Hall–Kier alpha value is -2.04. The van der Waals surface area contributed by atoms with Gasteiger partial charge in [0.15, 0.2) is 0 Å². The summed E-state index contributed by atoms with van der Waals surface area (Å²) in [5.41, 5.74) is 2.80. The van der Waals surface area contributed by atoms with Crippen molar-refractivity contribution in [2.24, 2.45) is 0 Å². The van der Waals surface area contributed by atoms with Crippen molar-refractivity contribution in [2.75, 3.05) is 42.9 Å². The fourth-order valence-electron chi connectivity index (χ4n) is 3.17. The average Bonchev–Trinajstić information content (AvgIpc) is 2.64. The molecule has 132 valence electrons. The van der Waals surface area contributed by atoms with Crippen LogP contribution >= 0.6 is 11.6 Å². The van der Waals surface area contributed by atoms with Gasteiger partial charge in [0.2, 0.25) is 5.91 Å². The van der Waals surface area contributed by atoms with E-state index in [2.05, 4.69) is 28.1 Å². The Morgan fingerprint density at radius 2 is 1.72 bits per heavy atom. The number of rotatable bonds is 5. The number of anilines is 2. The van der Waals surface area contributed by atoms with E-state index >= 15 is 0 Å². The summed E-state index contributed by atoms with van der Waals surface area (Å²) in [5, 5.41) is 3.68. The van der Waals surface area contributed by atoms with Crippen molar-refractivity contribution in [3.63, 3.8) is 0 Å². The standard InChI is InChI=1S/C20H24ClN3O/c1-2-23-11-13-24(14-12-23)19-10-6-5-9-18(19)22-20(25)15-16-7-3-4-8-17(16)21/h3-10H,2,11-15H2,1H3,(H,22,25). The van der Waals surface area contributed by atoms with Gasteiger partial charge in [-0.25, -0.2) is 0 Å². The van der Waals surface area contributed by atoms with E-state index in [1.165, 1.54) is 0 Å². The van der Waals surface area contributed by atoms with Crippen molar-refractivity contribution in [3.05, 3.63) is 59.1 Å². The minimum absolute atomic E-state index is 0.0484. The van der Waals surface area contributed by atoms with Crippen molar-refractivity contribution in [1.29, 1.82) is 0 Å². The van der Waals surface area contributed by atoms with E-state index in [1.54, 1.807) is 0 Å². The summed E-state index contributed by atoms with van der Waals surface area (Å²) in [7, 11) is 0. The molecule has 1 aliphatic heterocycles. The molecule has 5 heteroatoms. The lowest BCUT2D eigenvalue weighted by Crippen LogP contribution is -2.46. The third-order valence-corrected chi connectivity index (χ3v) is 5.02. The molecule has 0 radical (unpaired) electrons. The minimum atomic E-state index is -0.0484. The number of carbonyl (C=O) groups is 1. The van der Waals surface area contributed by atoms with E-state index < -0.39 is 0 Å². The molecule has 0 aromatic heterocycles. The van der Waals surface area contributed by atoms with Gasteiger partial charge in [-0.2, -0.15) is 0 Å². The van der Waals surface area contributed by atoms with Crippen LogP contribution in [0.25, 0.3) is 0 Å². The minimum Gasteiger partial charge on any atom is -0.367 e. The number of amides is 1. The van der Waals surface area contributed by atoms with Crippen LogP contribution < -0.4 is 10.2 Å². The Balaban J connectivity index is 1.69. The molecule has 0 aliphatic carbocycles. The number of likely N-dealkylation sites (N-methyl/N-ethyl adjacent to an activating group) is 1. The number of halogens is 1. The molecule has 1 fully saturated rings. The van der Waals surface area contributed by atoms with Gasteiger partial charge in [0.05, 0.1) is 17.8 Å². The first-order valence-corrected chi connectivity index (χ1v) is 9.14. The van der Waals surface area contributed by atoms with Crippen LogP contribution in [0.5, 0.6) is 0 Å². The van der Waals surface area contributed by atoms with Crippen LogP contribution in [-0.4, -0.2) is 43.5 Å². The Labute approximate surface area is 154 Å². The van der Waals surface area contributed by atoms with Crippen LogP contribution in [0.3, 0.4) is 0 Å². The summed E-state index contributed by atoms with van der Waals surface area (Å²) in [4.78, 5) is 17.3. The molecule has 4 nitrogen and oxygen atoms in total. The van der Waals surface area contributed by atoms with Gasteiger partial charge in [-0.05, 0) is 30.3 Å². The fourth-order valence-corrected chi connectivity index (χ4v) is 3.37. The zero-order chi connectivity index (χ0) is 17.6. The summed E-state index contributed by atoms with van der Waals surface area (Å²) in [6, 6.07) is 15.5. The van der Waals surface area contributed by atoms with Gasteiger partial charge in [0, 0.05) is 31.2 Å². The van der Waals surface area contributed by atoms with E-state index in [-0.39, 0.29) is 12.3 Å². The van der Waals surface area contributed by atoms with Crippen LogP contribution in [0.1, 0.15) is 12.5 Å². The maximum Gasteiger partial charge on any atom is 0.228 e. The van der Waals surface area contributed by atoms with Crippen LogP contribution in [0, 0.1) is 0 Å². The molecule has 0 saturated carbocycles. The van der Waals surface area contributed by atoms with E-state index in [0.29, 0.717) is 5.02 Å². The second-order valence-electron chi connectivity index (χ2n) is 6.25. The molecule has 1 amide bonds. The monoisotopic (exact) mass is 357 g/mol. The van der Waals surface area contributed by atoms with Crippen LogP contribution in [-0.2, 0) is 11.2 Å². The van der Waals surface area contributed by atoms with E-state index in [9.17, 15) is 4.79 Å². The summed E-state index contributed by atoms with van der Waals surface area (Å²) in [6.45, 7) is 7.34. The molecule has 25 heavy (non-hydrogen) atoms. The van der Waals surface area contributed by atoms with Crippen molar-refractivity contribution >= 4 is 28.9 Å². The Bertz CT molecular complexity index is 726. The molecule has 3 rings (SSSR count). The van der Waals surface area contributed by atoms with Crippen molar-refractivity contribution in [1.82, 2.24) is 4.90 Å². The first-order chi connectivity index (χ1) is 12.2. The number of hydrogen-bond donors (Lipinski definition) is 1. The molecule has 2 aromatic rings. The number of para-hydroxylation sites is 2.